The molecular weight excluding hydrogens is 278 g/mol. The molecule has 0 radical (unpaired) electrons. The maximum Gasteiger partial charge on any atom is 0.306 e. The van der Waals surface area contributed by atoms with Gasteiger partial charge in [0.15, 0.2) is 0 Å². The number of hydrogen-bond donors (Lipinski definition) is 1. The molecule has 0 aliphatic carbocycles. The average molecular weight is 291 g/mol. The summed E-state index contributed by atoms with van der Waals surface area (Å²) in [7, 11) is -5.66. The van der Waals surface area contributed by atoms with Crippen molar-refractivity contribution in [1.29, 1.82) is 0 Å². The Labute approximate surface area is 106 Å². The lowest BCUT2D eigenvalue weighted by molar-refractivity contribution is 0.493. The van der Waals surface area contributed by atoms with Gasteiger partial charge in [-0.2, -0.15) is 8.42 Å². The first kappa shape index (κ1) is 14.7. The predicted molar refractivity (Wildman–Crippen MR) is 68.9 cm³/mol. The maximum atomic E-state index is 11.1. The van der Waals surface area contributed by atoms with E-state index in [-0.39, 0.29) is 5.75 Å². The highest BCUT2D eigenvalue weighted by Crippen LogP contribution is 2.15. The summed E-state index contributed by atoms with van der Waals surface area (Å²) < 4.78 is 50.7. The molecule has 1 aromatic rings. The first-order valence-corrected chi connectivity index (χ1v) is 8.19. The zero-order valence-corrected chi connectivity index (χ0v) is 11.5. The van der Waals surface area contributed by atoms with Crippen molar-refractivity contribution in [3.05, 3.63) is 35.2 Å². The summed E-state index contributed by atoms with van der Waals surface area (Å²) in [6.45, 7) is 0. The molecule has 0 atom stereocenters. The highest BCUT2D eigenvalue weighted by Gasteiger charge is 2.03. The van der Waals surface area contributed by atoms with E-state index in [1.807, 2.05) is 0 Å². The Morgan fingerprint density at radius 3 is 2.11 bits per heavy atom. The normalized spacial score (nSPS) is 12.8. The number of sulfonamides is 1. The second-order valence-corrected chi connectivity index (χ2v) is 6.75. The molecule has 0 aliphatic heterocycles. The Hall–Kier alpha value is -1.38. The molecule has 0 amide bonds. The van der Waals surface area contributed by atoms with E-state index in [1.54, 1.807) is 12.1 Å². The van der Waals surface area contributed by atoms with Crippen LogP contribution in [0.2, 0.25) is 0 Å². The topological polar surface area (TPSA) is 89.5 Å². The Balaban J connectivity index is 2.85. The van der Waals surface area contributed by atoms with Crippen LogP contribution in [0.1, 0.15) is 5.56 Å². The first-order chi connectivity index (χ1) is 8.22. The number of hydrogen-bond acceptors (Lipinski definition) is 5. The lowest BCUT2D eigenvalue weighted by atomic mass is 10.2. The molecule has 0 bridgehead atoms. The lowest BCUT2D eigenvalue weighted by Gasteiger charge is -2.02. The maximum absolute atomic E-state index is 11.1. The van der Waals surface area contributed by atoms with Gasteiger partial charge in [0.05, 0.1) is 6.26 Å². The van der Waals surface area contributed by atoms with Gasteiger partial charge in [0, 0.05) is 5.41 Å². The van der Waals surface area contributed by atoms with Crippen LogP contribution in [0.25, 0.3) is 6.08 Å². The fourth-order valence-corrected chi connectivity index (χ4v) is 1.98. The largest absolute Gasteiger partial charge is 0.383 e. The van der Waals surface area contributed by atoms with Crippen LogP contribution in [0.15, 0.2) is 29.7 Å². The highest BCUT2D eigenvalue weighted by molar-refractivity contribution is 7.92. The third-order valence-corrected chi connectivity index (χ3v) is 3.41. The van der Waals surface area contributed by atoms with E-state index in [0.717, 1.165) is 11.7 Å². The highest BCUT2D eigenvalue weighted by atomic mass is 32.2. The molecule has 0 saturated carbocycles. The van der Waals surface area contributed by atoms with Gasteiger partial charge in [-0.3, -0.25) is 0 Å². The standard InChI is InChI=1S/C10H13NO5S2/c1-11-18(14,15)8-7-9-3-5-10(6-4-9)16-17(2,12)13/h3-8,11H,1-2H3/b8-7+. The van der Waals surface area contributed by atoms with E-state index in [4.69, 9.17) is 0 Å². The molecule has 8 heteroatoms. The van der Waals surface area contributed by atoms with Gasteiger partial charge in [0.2, 0.25) is 10.0 Å². The minimum absolute atomic E-state index is 0.172. The van der Waals surface area contributed by atoms with Gasteiger partial charge < -0.3 is 4.18 Å². The third kappa shape index (κ3) is 5.30. The van der Waals surface area contributed by atoms with E-state index in [2.05, 4.69) is 8.91 Å². The Kier molecular flexibility index (Phi) is 4.49. The van der Waals surface area contributed by atoms with Crippen LogP contribution in [0, 0.1) is 0 Å². The predicted octanol–water partition coefficient (Wildman–Crippen LogP) is 0.545. The minimum atomic E-state index is -3.55. The molecule has 18 heavy (non-hydrogen) atoms. The summed E-state index contributed by atoms with van der Waals surface area (Å²) in [4.78, 5) is 0. The summed E-state index contributed by atoms with van der Waals surface area (Å²) in [5.41, 5.74) is 0.606. The molecule has 1 N–H and O–H groups in total. The zero-order chi connectivity index (χ0) is 13.8. The van der Waals surface area contributed by atoms with E-state index in [1.165, 1.54) is 25.3 Å². The molecule has 0 heterocycles. The van der Waals surface area contributed by atoms with Crippen LogP contribution in [-0.2, 0) is 20.1 Å². The van der Waals surface area contributed by atoms with Crippen molar-refractivity contribution in [2.45, 2.75) is 0 Å². The van der Waals surface area contributed by atoms with Crippen LogP contribution < -0.4 is 8.91 Å². The Morgan fingerprint density at radius 1 is 1.11 bits per heavy atom. The smallest absolute Gasteiger partial charge is 0.306 e. The quantitative estimate of drug-likeness (QED) is 0.800. The SMILES string of the molecule is CNS(=O)(=O)/C=C/c1ccc(OS(C)(=O)=O)cc1. The van der Waals surface area contributed by atoms with Crippen LogP contribution >= 0.6 is 0 Å². The molecular formula is C10H13NO5S2. The summed E-state index contributed by atoms with van der Waals surface area (Å²) in [5.74, 6) is 0.172. The minimum Gasteiger partial charge on any atom is -0.383 e. The van der Waals surface area contributed by atoms with Crippen molar-refractivity contribution in [3.8, 4) is 5.75 Å². The molecule has 0 aromatic heterocycles. The van der Waals surface area contributed by atoms with E-state index in [9.17, 15) is 16.8 Å². The van der Waals surface area contributed by atoms with E-state index in [0.29, 0.717) is 5.56 Å². The third-order valence-electron chi connectivity index (χ3n) is 1.85. The molecule has 1 aromatic carbocycles. The Bertz CT molecular complexity index is 629. The molecule has 0 fully saturated rings. The second kappa shape index (κ2) is 5.51. The second-order valence-electron chi connectivity index (χ2n) is 3.41. The van der Waals surface area contributed by atoms with Crippen LogP contribution in [0.3, 0.4) is 0 Å². The molecule has 1 rings (SSSR count). The van der Waals surface area contributed by atoms with Crippen LogP contribution in [-0.4, -0.2) is 30.1 Å². The fourth-order valence-electron chi connectivity index (χ4n) is 1.05. The van der Waals surface area contributed by atoms with Crippen LogP contribution in [0.5, 0.6) is 5.75 Å². The van der Waals surface area contributed by atoms with Crippen molar-refractivity contribution in [1.82, 2.24) is 4.72 Å². The number of rotatable bonds is 5. The van der Waals surface area contributed by atoms with Crippen molar-refractivity contribution in [3.63, 3.8) is 0 Å². The molecule has 100 valence electrons. The van der Waals surface area contributed by atoms with Crippen molar-refractivity contribution >= 4 is 26.2 Å². The monoisotopic (exact) mass is 291 g/mol. The molecule has 6 nitrogen and oxygen atoms in total. The molecule has 0 aliphatic rings. The van der Waals surface area contributed by atoms with Crippen molar-refractivity contribution in [2.75, 3.05) is 13.3 Å². The average Bonchev–Trinajstić information content (AvgIpc) is 2.26. The van der Waals surface area contributed by atoms with E-state index >= 15 is 0 Å². The first-order valence-electron chi connectivity index (χ1n) is 4.83. The van der Waals surface area contributed by atoms with Gasteiger partial charge in [-0.25, -0.2) is 13.1 Å². The van der Waals surface area contributed by atoms with Gasteiger partial charge >= 0.3 is 10.1 Å². The van der Waals surface area contributed by atoms with Gasteiger partial charge in [-0.1, -0.05) is 12.1 Å². The number of benzene rings is 1. The fraction of sp³-hybridized carbons (Fsp3) is 0.200. The van der Waals surface area contributed by atoms with Gasteiger partial charge in [0.25, 0.3) is 0 Å². The summed E-state index contributed by atoms with van der Waals surface area (Å²) in [6, 6.07) is 5.96. The summed E-state index contributed by atoms with van der Waals surface area (Å²) in [5, 5.41) is 1.01. The summed E-state index contributed by atoms with van der Waals surface area (Å²) >= 11 is 0. The van der Waals surface area contributed by atoms with Crippen LogP contribution in [0.4, 0.5) is 0 Å². The van der Waals surface area contributed by atoms with Crippen molar-refractivity contribution in [2.24, 2.45) is 0 Å². The molecule has 0 unspecified atom stereocenters. The zero-order valence-electron chi connectivity index (χ0n) is 9.82. The van der Waals surface area contributed by atoms with Gasteiger partial charge in [0.1, 0.15) is 5.75 Å². The van der Waals surface area contributed by atoms with Gasteiger partial charge in [-0.05, 0) is 30.8 Å². The van der Waals surface area contributed by atoms with Gasteiger partial charge in [-0.15, -0.1) is 0 Å². The molecule has 0 spiro atoms. The Morgan fingerprint density at radius 2 is 1.67 bits per heavy atom. The van der Waals surface area contributed by atoms with Crippen molar-refractivity contribution < 1.29 is 21.0 Å². The lowest BCUT2D eigenvalue weighted by Crippen LogP contribution is -2.14. The summed E-state index contributed by atoms with van der Waals surface area (Å²) in [6.07, 6.45) is 2.33. The van der Waals surface area contributed by atoms with E-state index < -0.39 is 20.1 Å². The molecule has 0 saturated heterocycles. The number of nitrogens with one attached hydrogen (secondary N) is 1.